The van der Waals surface area contributed by atoms with Gasteiger partial charge in [-0.25, -0.2) is 14.3 Å². The van der Waals surface area contributed by atoms with Gasteiger partial charge in [-0.05, 0) is 44.7 Å². The molecule has 2 saturated heterocycles. The second-order valence-electron chi connectivity index (χ2n) is 8.18. The van der Waals surface area contributed by atoms with Crippen LogP contribution < -0.4 is 10.6 Å². The van der Waals surface area contributed by atoms with Gasteiger partial charge in [0.25, 0.3) is 0 Å². The van der Waals surface area contributed by atoms with Gasteiger partial charge in [0.05, 0.1) is 23.3 Å². The Morgan fingerprint density at radius 2 is 2.11 bits per heavy atom. The zero-order chi connectivity index (χ0) is 19.7. The number of piperidine rings is 1. The maximum Gasteiger partial charge on any atom is 0.410 e. The summed E-state index contributed by atoms with van der Waals surface area (Å²) in [5.74, 6) is 0.362. The number of fused-ring (bicyclic) bond motifs is 1. The van der Waals surface area contributed by atoms with Crippen LogP contribution in [0.2, 0.25) is 0 Å². The SMILES string of the molecule is Cc1cc(NC2CCN(C(=O)O[C@H]3CCNC3)CC2)c2ncc(C(C)C)n2n1. The summed E-state index contributed by atoms with van der Waals surface area (Å²) in [6.07, 6.45) is 4.45. The second kappa shape index (κ2) is 7.95. The lowest BCUT2D eigenvalue weighted by molar-refractivity contribution is 0.0641. The van der Waals surface area contributed by atoms with Gasteiger partial charge in [-0.3, -0.25) is 0 Å². The first-order valence-electron chi connectivity index (χ1n) is 10.3. The van der Waals surface area contributed by atoms with Crippen molar-refractivity contribution in [3.8, 4) is 0 Å². The van der Waals surface area contributed by atoms with E-state index in [1.807, 2.05) is 22.5 Å². The molecular formula is C20H30N6O2. The fourth-order valence-electron chi connectivity index (χ4n) is 3.98. The highest BCUT2D eigenvalue weighted by Crippen LogP contribution is 2.24. The Hall–Kier alpha value is -2.35. The van der Waals surface area contributed by atoms with Crippen LogP contribution in [-0.2, 0) is 4.74 Å². The molecule has 0 saturated carbocycles. The second-order valence-corrected chi connectivity index (χ2v) is 8.18. The number of ether oxygens (including phenoxy) is 1. The minimum absolute atomic E-state index is 0.0204. The highest BCUT2D eigenvalue weighted by Gasteiger charge is 2.27. The van der Waals surface area contributed by atoms with E-state index >= 15 is 0 Å². The topological polar surface area (TPSA) is 83.8 Å². The van der Waals surface area contributed by atoms with E-state index < -0.39 is 0 Å². The fraction of sp³-hybridized carbons (Fsp3) is 0.650. The number of amides is 1. The Bertz CT molecular complexity index is 835. The number of carbonyl (C=O) groups is 1. The quantitative estimate of drug-likeness (QED) is 0.840. The maximum atomic E-state index is 12.3. The molecule has 1 atom stereocenters. The molecule has 1 amide bonds. The van der Waals surface area contributed by atoms with Gasteiger partial charge in [-0.15, -0.1) is 0 Å². The number of nitrogens with one attached hydrogen (secondary N) is 2. The number of hydrogen-bond acceptors (Lipinski definition) is 6. The predicted molar refractivity (Wildman–Crippen MR) is 108 cm³/mol. The lowest BCUT2D eigenvalue weighted by Gasteiger charge is -2.32. The molecule has 28 heavy (non-hydrogen) atoms. The molecular weight excluding hydrogens is 356 g/mol. The molecule has 2 N–H and O–H groups in total. The molecule has 2 aliphatic heterocycles. The van der Waals surface area contributed by atoms with Crippen molar-refractivity contribution in [2.45, 2.75) is 58.1 Å². The molecule has 8 nitrogen and oxygen atoms in total. The third-order valence-corrected chi connectivity index (χ3v) is 5.60. The van der Waals surface area contributed by atoms with Crippen LogP contribution in [-0.4, -0.2) is 63.9 Å². The lowest BCUT2D eigenvalue weighted by Crippen LogP contribution is -2.43. The van der Waals surface area contributed by atoms with Crippen molar-refractivity contribution in [3.63, 3.8) is 0 Å². The number of carbonyl (C=O) groups excluding carboxylic acids is 1. The van der Waals surface area contributed by atoms with E-state index in [0.29, 0.717) is 25.0 Å². The molecule has 8 heteroatoms. The van der Waals surface area contributed by atoms with E-state index in [1.165, 1.54) is 0 Å². The predicted octanol–water partition coefficient (Wildman–Crippen LogP) is 2.54. The van der Waals surface area contributed by atoms with Gasteiger partial charge in [0.1, 0.15) is 6.10 Å². The van der Waals surface area contributed by atoms with Gasteiger partial charge in [0.15, 0.2) is 5.65 Å². The third kappa shape index (κ3) is 3.92. The number of hydrogen-bond donors (Lipinski definition) is 2. The highest BCUT2D eigenvalue weighted by atomic mass is 16.6. The van der Waals surface area contributed by atoms with Crippen LogP contribution in [0.4, 0.5) is 10.5 Å². The van der Waals surface area contributed by atoms with E-state index in [-0.39, 0.29) is 12.2 Å². The van der Waals surface area contributed by atoms with Crippen LogP contribution in [0, 0.1) is 6.92 Å². The van der Waals surface area contributed by atoms with Crippen molar-refractivity contribution in [2.24, 2.45) is 0 Å². The van der Waals surface area contributed by atoms with Crippen molar-refractivity contribution >= 4 is 17.4 Å². The minimum Gasteiger partial charge on any atom is -0.445 e. The van der Waals surface area contributed by atoms with E-state index in [9.17, 15) is 4.79 Å². The standard InChI is InChI=1S/C20H30N6O2/c1-13(2)18-12-22-19-17(10-14(3)24-26(18)19)23-15-5-8-25(9-6-15)20(27)28-16-4-7-21-11-16/h10,12-13,15-16,21,23H,4-9,11H2,1-3H3/t16-/m0/s1. The summed E-state index contributed by atoms with van der Waals surface area (Å²) in [7, 11) is 0. The molecule has 0 radical (unpaired) electrons. The zero-order valence-corrected chi connectivity index (χ0v) is 16.9. The van der Waals surface area contributed by atoms with E-state index in [4.69, 9.17) is 4.74 Å². The molecule has 0 aliphatic carbocycles. The third-order valence-electron chi connectivity index (χ3n) is 5.60. The molecule has 2 aromatic heterocycles. The summed E-state index contributed by atoms with van der Waals surface area (Å²) in [6.45, 7) is 9.42. The van der Waals surface area contributed by atoms with Crippen LogP contribution >= 0.6 is 0 Å². The van der Waals surface area contributed by atoms with Crippen molar-refractivity contribution in [1.29, 1.82) is 0 Å². The van der Waals surface area contributed by atoms with E-state index in [2.05, 4.69) is 40.6 Å². The number of imidazole rings is 1. The van der Waals surface area contributed by atoms with Crippen LogP contribution in [0.25, 0.3) is 5.65 Å². The number of aryl methyl sites for hydroxylation is 1. The summed E-state index contributed by atoms with van der Waals surface area (Å²) < 4.78 is 7.53. The zero-order valence-electron chi connectivity index (χ0n) is 16.9. The van der Waals surface area contributed by atoms with Gasteiger partial charge in [-0.2, -0.15) is 5.10 Å². The monoisotopic (exact) mass is 386 g/mol. The van der Waals surface area contributed by atoms with E-state index in [1.54, 1.807) is 0 Å². The molecule has 0 spiro atoms. The van der Waals surface area contributed by atoms with Gasteiger partial charge in [-0.1, -0.05) is 13.8 Å². The largest absolute Gasteiger partial charge is 0.445 e. The molecule has 0 aromatic carbocycles. The Balaban J connectivity index is 1.39. The Kier molecular flexibility index (Phi) is 5.39. The van der Waals surface area contributed by atoms with Gasteiger partial charge < -0.3 is 20.3 Å². The van der Waals surface area contributed by atoms with Crippen LogP contribution in [0.5, 0.6) is 0 Å². The maximum absolute atomic E-state index is 12.3. The van der Waals surface area contributed by atoms with Gasteiger partial charge in [0, 0.05) is 25.7 Å². The molecule has 4 heterocycles. The summed E-state index contributed by atoms with van der Waals surface area (Å²) in [6, 6.07) is 2.36. The average molecular weight is 387 g/mol. The number of anilines is 1. The first kappa shape index (κ1) is 19.0. The summed E-state index contributed by atoms with van der Waals surface area (Å²) >= 11 is 0. The average Bonchev–Trinajstić information content (AvgIpc) is 3.31. The Morgan fingerprint density at radius 3 is 2.79 bits per heavy atom. The summed E-state index contributed by atoms with van der Waals surface area (Å²) in [4.78, 5) is 18.8. The van der Waals surface area contributed by atoms with Crippen molar-refractivity contribution < 1.29 is 9.53 Å². The molecule has 0 bridgehead atoms. The van der Waals surface area contributed by atoms with Crippen molar-refractivity contribution in [3.05, 3.63) is 23.7 Å². The number of aromatic nitrogens is 3. The smallest absolute Gasteiger partial charge is 0.410 e. The van der Waals surface area contributed by atoms with Gasteiger partial charge >= 0.3 is 6.09 Å². The molecule has 2 aliphatic rings. The fourth-order valence-corrected chi connectivity index (χ4v) is 3.98. The van der Waals surface area contributed by atoms with Crippen molar-refractivity contribution in [1.82, 2.24) is 24.8 Å². The molecule has 2 aromatic rings. The molecule has 4 rings (SSSR count). The normalized spacial score (nSPS) is 20.9. The highest BCUT2D eigenvalue weighted by molar-refractivity contribution is 5.69. The minimum atomic E-state index is -0.177. The molecule has 2 fully saturated rings. The molecule has 152 valence electrons. The number of likely N-dealkylation sites (tertiary alicyclic amines) is 1. The lowest BCUT2D eigenvalue weighted by atomic mass is 10.1. The van der Waals surface area contributed by atoms with Crippen molar-refractivity contribution in [2.75, 3.05) is 31.5 Å². The Morgan fingerprint density at radius 1 is 1.32 bits per heavy atom. The summed E-state index contributed by atoms with van der Waals surface area (Å²) in [5, 5.41) is 11.5. The number of rotatable bonds is 4. The summed E-state index contributed by atoms with van der Waals surface area (Å²) in [5.41, 5.74) is 3.95. The van der Waals surface area contributed by atoms with Gasteiger partial charge in [0.2, 0.25) is 0 Å². The van der Waals surface area contributed by atoms with Crippen LogP contribution in [0.15, 0.2) is 12.3 Å². The Labute approximate surface area is 165 Å². The van der Waals surface area contributed by atoms with E-state index in [0.717, 1.165) is 55.1 Å². The first-order chi connectivity index (χ1) is 13.5. The number of nitrogens with zero attached hydrogens (tertiary/aromatic N) is 4. The van der Waals surface area contributed by atoms with Crippen LogP contribution in [0.3, 0.4) is 0 Å². The first-order valence-corrected chi connectivity index (χ1v) is 10.3. The van der Waals surface area contributed by atoms with Crippen LogP contribution in [0.1, 0.15) is 50.4 Å². The molecule has 0 unspecified atom stereocenters.